The molecule has 1 fully saturated rings. The van der Waals surface area contributed by atoms with E-state index in [2.05, 4.69) is 30.3 Å². The van der Waals surface area contributed by atoms with Crippen LogP contribution in [0.4, 0.5) is 0 Å². The molecule has 1 atom stereocenters. The lowest BCUT2D eigenvalue weighted by Crippen LogP contribution is -2.39. The summed E-state index contributed by atoms with van der Waals surface area (Å²) in [6.07, 6.45) is 7.08. The predicted octanol–water partition coefficient (Wildman–Crippen LogP) is 3.38. The van der Waals surface area contributed by atoms with Gasteiger partial charge in [0.05, 0.1) is 10.7 Å². The van der Waals surface area contributed by atoms with E-state index in [1.165, 1.54) is 37.1 Å². The molecule has 19 heavy (non-hydrogen) atoms. The monoisotopic (exact) mass is 281 g/mol. The van der Waals surface area contributed by atoms with Crippen LogP contribution in [-0.2, 0) is 7.05 Å². The maximum absolute atomic E-state index is 4.42. The summed E-state index contributed by atoms with van der Waals surface area (Å²) in [6.45, 7) is 5.35. The zero-order valence-corrected chi connectivity index (χ0v) is 13.3. The second-order valence-corrected chi connectivity index (χ2v) is 6.66. The van der Waals surface area contributed by atoms with Crippen molar-refractivity contribution in [3.63, 3.8) is 0 Å². The van der Waals surface area contributed by atoms with E-state index >= 15 is 0 Å². The number of hydrogen-bond acceptors (Lipinski definition) is 3. The Morgan fingerprint density at radius 3 is 2.74 bits per heavy atom. The SMILES string of the molecule is CCNC(CSc1cc(C)nn1C)C1CCCCC1. The van der Waals surface area contributed by atoms with Crippen LogP contribution in [0.1, 0.15) is 44.7 Å². The third-order valence-corrected chi connectivity index (χ3v) is 5.26. The van der Waals surface area contributed by atoms with Crippen LogP contribution in [-0.4, -0.2) is 28.1 Å². The second-order valence-electron chi connectivity index (χ2n) is 5.62. The predicted molar refractivity (Wildman–Crippen MR) is 82.7 cm³/mol. The van der Waals surface area contributed by atoms with Crippen molar-refractivity contribution in [2.75, 3.05) is 12.3 Å². The standard InChI is InChI=1S/C15H27N3S/c1-4-16-14(13-8-6-5-7-9-13)11-19-15-10-12(2)17-18(15)3/h10,13-14,16H,4-9,11H2,1-3H3. The van der Waals surface area contributed by atoms with Crippen molar-refractivity contribution in [2.24, 2.45) is 13.0 Å². The molecule has 0 saturated heterocycles. The average molecular weight is 281 g/mol. The van der Waals surface area contributed by atoms with E-state index in [-0.39, 0.29) is 0 Å². The van der Waals surface area contributed by atoms with E-state index in [0.29, 0.717) is 6.04 Å². The molecule has 0 aliphatic heterocycles. The fraction of sp³-hybridized carbons (Fsp3) is 0.800. The van der Waals surface area contributed by atoms with Gasteiger partial charge in [-0.3, -0.25) is 4.68 Å². The lowest BCUT2D eigenvalue weighted by Gasteiger charge is -2.30. The summed E-state index contributed by atoms with van der Waals surface area (Å²) in [5, 5.41) is 9.41. The normalized spacial score (nSPS) is 18.7. The zero-order chi connectivity index (χ0) is 13.7. The number of hydrogen-bond donors (Lipinski definition) is 1. The van der Waals surface area contributed by atoms with E-state index in [1.807, 2.05) is 23.5 Å². The molecule has 2 rings (SSSR count). The van der Waals surface area contributed by atoms with Crippen molar-refractivity contribution in [1.82, 2.24) is 15.1 Å². The van der Waals surface area contributed by atoms with Gasteiger partial charge >= 0.3 is 0 Å². The molecule has 1 aromatic heterocycles. The Bertz CT molecular complexity index is 383. The van der Waals surface area contributed by atoms with Crippen molar-refractivity contribution in [2.45, 2.75) is 57.0 Å². The first-order valence-electron chi connectivity index (χ1n) is 7.57. The number of aromatic nitrogens is 2. The van der Waals surface area contributed by atoms with E-state index in [4.69, 9.17) is 0 Å². The van der Waals surface area contributed by atoms with Crippen molar-refractivity contribution in [3.8, 4) is 0 Å². The minimum absolute atomic E-state index is 0.658. The van der Waals surface area contributed by atoms with Gasteiger partial charge in [-0.25, -0.2) is 0 Å². The second kappa shape index (κ2) is 7.34. The van der Waals surface area contributed by atoms with E-state index in [9.17, 15) is 0 Å². The molecule has 0 spiro atoms. The van der Waals surface area contributed by atoms with Crippen LogP contribution in [0.3, 0.4) is 0 Å². The van der Waals surface area contributed by atoms with Crippen LogP contribution < -0.4 is 5.32 Å². The molecule has 1 N–H and O–H groups in total. The molecular formula is C15H27N3S. The highest BCUT2D eigenvalue weighted by Gasteiger charge is 2.23. The van der Waals surface area contributed by atoms with Crippen LogP contribution in [0.5, 0.6) is 0 Å². The maximum Gasteiger partial charge on any atom is 0.0939 e. The van der Waals surface area contributed by atoms with Crippen LogP contribution in [0, 0.1) is 12.8 Å². The minimum Gasteiger partial charge on any atom is -0.313 e. The molecule has 0 amide bonds. The first-order valence-corrected chi connectivity index (χ1v) is 8.56. The molecule has 1 heterocycles. The fourth-order valence-electron chi connectivity index (χ4n) is 3.06. The van der Waals surface area contributed by atoms with E-state index in [0.717, 1.165) is 23.9 Å². The molecule has 0 radical (unpaired) electrons. The number of aryl methyl sites for hydroxylation is 2. The third-order valence-electron chi connectivity index (χ3n) is 4.05. The molecule has 108 valence electrons. The summed E-state index contributed by atoms with van der Waals surface area (Å²) in [7, 11) is 2.04. The van der Waals surface area contributed by atoms with Crippen LogP contribution >= 0.6 is 11.8 Å². The summed E-state index contributed by atoms with van der Waals surface area (Å²) in [5.41, 5.74) is 1.11. The molecule has 1 saturated carbocycles. The molecule has 1 aliphatic rings. The Hall–Kier alpha value is -0.480. The molecule has 3 nitrogen and oxygen atoms in total. The molecule has 1 aromatic rings. The molecule has 4 heteroatoms. The number of rotatable bonds is 6. The highest BCUT2D eigenvalue weighted by Crippen LogP contribution is 2.29. The van der Waals surface area contributed by atoms with Gasteiger partial charge in [0.1, 0.15) is 0 Å². The van der Waals surface area contributed by atoms with Crippen molar-refractivity contribution in [3.05, 3.63) is 11.8 Å². The quantitative estimate of drug-likeness (QED) is 0.811. The van der Waals surface area contributed by atoms with Gasteiger partial charge in [-0.1, -0.05) is 26.2 Å². The minimum atomic E-state index is 0.658. The smallest absolute Gasteiger partial charge is 0.0939 e. The molecule has 1 aliphatic carbocycles. The largest absolute Gasteiger partial charge is 0.313 e. The topological polar surface area (TPSA) is 29.9 Å². The van der Waals surface area contributed by atoms with Gasteiger partial charge in [0.25, 0.3) is 0 Å². The average Bonchev–Trinajstić information content (AvgIpc) is 2.74. The summed E-state index contributed by atoms with van der Waals surface area (Å²) in [6, 6.07) is 2.85. The number of nitrogens with zero attached hydrogens (tertiary/aromatic N) is 2. The van der Waals surface area contributed by atoms with Crippen molar-refractivity contribution in [1.29, 1.82) is 0 Å². The zero-order valence-electron chi connectivity index (χ0n) is 12.5. The molecular weight excluding hydrogens is 254 g/mol. The Morgan fingerprint density at radius 1 is 1.42 bits per heavy atom. The first kappa shape index (κ1) is 14.9. The maximum atomic E-state index is 4.42. The van der Waals surface area contributed by atoms with Crippen LogP contribution in [0.25, 0.3) is 0 Å². The van der Waals surface area contributed by atoms with Gasteiger partial charge < -0.3 is 5.32 Å². The number of nitrogens with one attached hydrogen (secondary N) is 1. The van der Waals surface area contributed by atoms with Crippen molar-refractivity contribution < 1.29 is 0 Å². The van der Waals surface area contributed by atoms with Crippen LogP contribution in [0.2, 0.25) is 0 Å². The van der Waals surface area contributed by atoms with Gasteiger partial charge in [-0.2, -0.15) is 5.10 Å². The Balaban J connectivity index is 1.90. The Morgan fingerprint density at radius 2 is 2.16 bits per heavy atom. The highest BCUT2D eigenvalue weighted by atomic mass is 32.2. The summed E-state index contributed by atoms with van der Waals surface area (Å²) in [5.74, 6) is 2.04. The van der Waals surface area contributed by atoms with Gasteiger partial charge in [0.15, 0.2) is 0 Å². The van der Waals surface area contributed by atoms with Crippen LogP contribution in [0.15, 0.2) is 11.1 Å². The first-order chi connectivity index (χ1) is 9.20. The molecule has 0 aromatic carbocycles. The molecule has 0 bridgehead atoms. The van der Waals surface area contributed by atoms with Gasteiger partial charge in [-0.05, 0) is 38.3 Å². The van der Waals surface area contributed by atoms with Crippen molar-refractivity contribution >= 4 is 11.8 Å². The van der Waals surface area contributed by atoms with E-state index in [1.54, 1.807) is 0 Å². The third kappa shape index (κ3) is 4.25. The molecule has 1 unspecified atom stereocenters. The summed E-state index contributed by atoms with van der Waals surface area (Å²) in [4.78, 5) is 0. The van der Waals surface area contributed by atoms with Gasteiger partial charge in [0, 0.05) is 18.8 Å². The highest BCUT2D eigenvalue weighted by molar-refractivity contribution is 7.99. The summed E-state index contributed by atoms with van der Waals surface area (Å²) >= 11 is 1.95. The lowest BCUT2D eigenvalue weighted by atomic mass is 9.84. The Labute approximate surface area is 121 Å². The Kier molecular flexibility index (Phi) is 5.76. The summed E-state index contributed by atoms with van der Waals surface area (Å²) < 4.78 is 2.00. The van der Waals surface area contributed by atoms with Gasteiger partial charge in [0.2, 0.25) is 0 Å². The fourth-order valence-corrected chi connectivity index (χ4v) is 4.28. The van der Waals surface area contributed by atoms with E-state index < -0.39 is 0 Å². The number of thioether (sulfide) groups is 1. The lowest BCUT2D eigenvalue weighted by molar-refractivity contribution is 0.288. The van der Waals surface area contributed by atoms with Gasteiger partial charge in [-0.15, -0.1) is 11.8 Å².